The normalized spacial score (nSPS) is 16.0. The second-order valence-corrected chi connectivity index (χ2v) is 6.54. The van der Waals surface area contributed by atoms with Crippen molar-refractivity contribution in [1.29, 1.82) is 0 Å². The molecule has 0 aliphatic carbocycles. The minimum atomic E-state index is -0.471. The highest BCUT2D eigenvalue weighted by molar-refractivity contribution is 5.33. The average Bonchev–Trinajstić information content (AvgIpc) is 2.52. The maximum atomic E-state index is 10.3. The Hall–Kier alpha value is -1.84. The van der Waals surface area contributed by atoms with Crippen LogP contribution in [0.2, 0.25) is 0 Å². The first-order valence-corrected chi connectivity index (χ1v) is 8.28. The molecule has 0 amide bonds. The minimum Gasteiger partial charge on any atom is -0.491 e. The second kappa shape index (κ2) is 7.16. The molecule has 0 spiro atoms. The number of ether oxygens (including phenoxy) is 1. The first-order valence-electron chi connectivity index (χ1n) is 8.28. The zero-order valence-electron chi connectivity index (χ0n) is 14.0. The Balaban J connectivity index is 1.51. The van der Waals surface area contributed by atoms with Gasteiger partial charge in [0, 0.05) is 19.6 Å². The van der Waals surface area contributed by atoms with Crippen LogP contribution in [0.5, 0.6) is 5.75 Å². The number of fused-ring (bicyclic) bond motifs is 1. The van der Waals surface area contributed by atoms with Gasteiger partial charge in [-0.15, -0.1) is 0 Å². The lowest BCUT2D eigenvalue weighted by Crippen LogP contribution is -2.38. The van der Waals surface area contributed by atoms with Gasteiger partial charge in [-0.1, -0.05) is 30.3 Å². The van der Waals surface area contributed by atoms with Crippen molar-refractivity contribution in [3.63, 3.8) is 0 Å². The van der Waals surface area contributed by atoms with Crippen LogP contribution in [-0.2, 0) is 13.0 Å². The number of aryl methyl sites for hydroxylation is 2. The van der Waals surface area contributed by atoms with Crippen LogP contribution < -0.4 is 4.74 Å². The lowest BCUT2D eigenvalue weighted by atomic mass is 10.00. The van der Waals surface area contributed by atoms with Crippen LogP contribution in [0.15, 0.2) is 42.5 Å². The van der Waals surface area contributed by atoms with Gasteiger partial charge in [-0.3, -0.25) is 4.90 Å². The van der Waals surface area contributed by atoms with E-state index in [0.717, 1.165) is 25.3 Å². The first kappa shape index (κ1) is 16.0. The third-order valence-corrected chi connectivity index (χ3v) is 4.32. The van der Waals surface area contributed by atoms with Crippen molar-refractivity contribution < 1.29 is 9.84 Å². The van der Waals surface area contributed by atoms with Gasteiger partial charge in [0.1, 0.15) is 18.5 Å². The van der Waals surface area contributed by atoms with E-state index in [2.05, 4.69) is 49.1 Å². The Bertz CT molecular complexity index is 648. The van der Waals surface area contributed by atoms with Gasteiger partial charge in [0.2, 0.25) is 0 Å². The lowest BCUT2D eigenvalue weighted by molar-refractivity contribution is 0.0637. The minimum absolute atomic E-state index is 0.334. The summed E-state index contributed by atoms with van der Waals surface area (Å²) in [5.74, 6) is 0.838. The van der Waals surface area contributed by atoms with E-state index in [0.29, 0.717) is 13.2 Å². The molecule has 0 unspecified atom stereocenters. The Morgan fingerprint density at radius 2 is 1.78 bits per heavy atom. The highest BCUT2D eigenvalue weighted by Crippen LogP contribution is 2.19. The number of aliphatic hydroxyl groups is 1. The van der Waals surface area contributed by atoms with E-state index in [1.165, 1.54) is 22.3 Å². The standard InChI is InChI=1S/C20H25NO2/c1-15-9-16(2)11-20(10-15)23-14-19(22)13-21-8-7-17-5-3-4-6-18(17)12-21/h3-6,9-11,19,22H,7-8,12-14H2,1-2H3/t19-/m1/s1. The van der Waals surface area contributed by atoms with Gasteiger partial charge in [-0.2, -0.15) is 0 Å². The van der Waals surface area contributed by atoms with Crippen LogP contribution in [-0.4, -0.2) is 35.8 Å². The number of β-amino-alcohol motifs (C(OH)–C–C–N with tert-alkyl or cyclic N) is 1. The molecule has 0 aromatic heterocycles. The quantitative estimate of drug-likeness (QED) is 0.921. The Kier molecular flexibility index (Phi) is 4.99. The van der Waals surface area contributed by atoms with Gasteiger partial charge in [0.05, 0.1) is 0 Å². The predicted octanol–water partition coefficient (Wildman–Crippen LogP) is 3.10. The summed E-state index contributed by atoms with van der Waals surface area (Å²) < 4.78 is 5.76. The molecular formula is C20H25NO2. The van der Waals surface area contributed by atoms with E-state index in [1.54, 1.807) is 0 Å². The number of rotatable bonds is 5. The topological polar surface area (TPSA) is 32.7 Å². The third-order valence-electron chi connectivity index (χ3n) is 4.32. The van der Waals surface area contributed by atoms with Crippen molar-refractivity contribution in [2.24, 2.45) is 0 Å². The summed E-state index contributed by atoms with van der Waals surface area (Å²) in [5, 5.41) is 10.3. The van der Waals surface area contributed by atoms with Crippen molar-refractivity contribution in [1.82, 2.24) is 4.90 Å². The summed E-state index contributed by atoms with van der Waals surface area (Å²) in [7, 11) is 0. The molecule has 23 heavy (non-hydrogen) atoms. The summed E-state index contributed by atoms with van der Waals surface area (Å²) >= 11 is 0. The van der Waals surface area contributed by atoms with Crippen molar-refractivity contribution in [3.8, 4) is 5.75 Å². The summed E-state index contributed by atoms with van der Waals surface area (Å²) in [4.78, 5) is 2.30. The van der Waals surface area contributed by atoms with Gasteiger partial charge >= 0.3 is 0 Å². The molecule has 1 atom stereocenters. The third kappa shape index (κ3) is 4.34. The van der Waals surface area contributed by atoms with E-state index in [-0.39, 0.29) is 0 Å². The van der Waals surface area contributed by atoms with Crippen LogP contribution in [0.4, 0.5) is 0 Å². The second-order valence-electron chi connectivity index (χ2n) is 6.54. The van der Waals surface area contributed by atoms with Crippen molar-refractivity contribution >= 4 is 0 Å². The van der Waals surface area contributed by atoms with Crippen molar-refractivity contribution in [2.75, 3.05) is 19.7 Å². The molecule has 1 aliphatic heterocycles. The van der Waals surface area contributed by atoms with Crippen LogP contribution in [0.3, 0.4) is 0 Å². The Labute approximate surface area is 138 Å². The van der Waals surface area contributed by atoms with Crippen LogP contribution in [0, 0.1) is 13.8 Å². The number of hydrogen-bond acceptors (Lipinski definition) is 3. The number of benzene rings is 2. The molecule has 0 bridgehead atoms. The zero-order chi connectivity index (χ0) is 16.2. The highest BCUT2D eigenvalue weighted by atomic mass is 16.5. The molecule has 0 saturated heterocycles. The first-order chi connectivity index (χ1) is 11.1. The summed E-state index contributed by atoms with van der Waals surface area (Å²) in [6, 6.07) is 14.7. The van der Waals surface area contributed by atoms with Crippen LogP contribution in [0.1, 0.15) is 22.3 Å². The maximum absolute atomic E-state index is 10.3. The van der Waals surface area contributed by atoms with Crippen molar-refractivity contribution in [3.05, 3.63) is 64.7 Å². The molecule has 1 heterocycles. The molecule has 3 rings (SSSR count). The summed E-state index contributed by atoms with van der Waals surface area (Å²) in [5.41, 5.74) is 5.18. The number of aliphatic hydroxyl groups excluding tert-OH is 1. The largest absolute Gasteiger partial charge is 0.491 e. The lowest BCUT2D eigenvalue weighted by Gasteiger charge is -2.30. The SMILES string of the molecule is Cc1cc(C)cc(OC[C@H](O)CN2CCc3ccccc3C2)c1. The van der Waals surface area contributed by atoms with Gasteiger partial charge in [-0.05, 0) is 54.7 Å². The van der Waals surface area contributed by atoms with Crippen molar-refractivity contribution in [2.45, 2.75) is 32.9 Å². The molecule has 3 heteroatoms. The van der Waals surface area contributed by atoms with Gasteiger partial charge in [0.15, 0.2) is 0 Å². The van der Waals surface area contributed by atoms with E-state index in [1.807, 2.05) is 12.1 Å². The molecule has 0 saturated carbocycles. The fraction of sp³-hybridized carbons (Fsp3) is 0.400. The highest BCUT2D eigenvalue weighted by Gasteiger charge is 2.18. The monoisotopic (exact) mass is 311 g/mol. The number of hydrogen-bond donors (Lipinski definition) is 1. The summed E-state index contributed by atoms with van der Waals surface area (Å²) in [6.07, 6.45) is 0.585. The smallest absolute Gasteiger partial charge is 0.119 e. The van der Waals surface area contributed by atoms with E-state index in [9.17, 15) is 5.11 Å². The molecule has 2 aromatic carbocycles. The average molecular weight is 311 g/mol. The summed E-state index contributed by atoms with van der Waals surface area (Å²) in [6.45, 7) is 7.01. The zero-order valence-corrected chi connectivity index (χ0v) is 14.0. The fourth-order valence-corrected chi connectivity index (χ4v) is 3.27. The van der Waals surface area contributed by atoms with E-state index >= 15 is 0 Å². The Morgan fingerprint density at radius 3 is 2.52 bits per heavy atom. The molecule has 122 valence electrons. The molecule has 1 aliphatic rings. The number of nitrogens with zero attached hydrogens (tertiary/aromatic N) is 1. The molecule has 2 aromatic rings. The van der Waals surface area contributed by atoms with E-state index in [4.69, 9.17) is 4.74 Å². The molecule has 1 N–H and O–H groups in total. The Morgan fingerprint density at radius 1 is 1.09 bits per heavy atom. The van der Waals surface area contributed by atoms with E-state index < -0.39 is 6.10 Å². The van der Waals surface area contributed by atoms with Gasteiger partial charge in [-0.25, -0.2) is 0 Å². The predicted molar refractivity (Wildman–Crippen MR) is 92.8 cm³/mol. The molecular weight excluding hydrogens is 286 g/mol. The van der Waals surface area contributed by atoms with Gasteiger partial charge in [0.25, 0.3) is 0 Å². The van der Waals surface area contributed by atoms with Gasteiger partial charge < -0.3 is 9.84 Å². The molecule has 0 radical (unpaired) electrons. The molecule has 3 nitrogen and oxygen atoms in total. The van der Waals surface area contributed by atoms with Crippen LogP contribution in [0.25, 0.3) is 0 Å². The molecule has 0 fully saturated rings. The fourth-order valence-electron chi connectivity index (χ4n) is 3.27. The maximum Gasteiger partial charge on any atom is 0.119 e. The van der Waals surface area contributed by atoms with Crippen LogP contribution >= 0.6 is 0 Å².